The summed E-state index contributed by atoms with van der Waals surface area (Å²) < 4.78 is 11.3. The Morgan fingerprint density at radius 1 is 1.27 bits per heavy atom. The van der Waals surface area contributed by atoms with Crippen LogP contribution in [0.15, 0.2) is 29.3 Å². The molecule has 144 valence electrons. The predicted octanol–water partition coefficient (Wildman–Crippen LogP) is 3.10. The molecule has 0 radical (unpaired) electrons. The molecule has 26 heavy (non-hydrogen) atoms. The topological polar surface area (TPSA) is 37.3 Å². The van der Waals surface area contributed by atoms with Crippen molar-refractivity contribution in [3.05, 3.63) is 29.8 Å². The molecular formula is C20H31N3O2S. The first-order chi connectivity index (χ1) is 12.9. The minimum absolute atomic E-state index is 0.698. The van der Waals surface area contributed by atoms with Gasteiger partial charge in [0.15, 0.2) is 5.17 Å². The van der Waals surface area contributed by atoms with E-state index < -0.39 is 0 Å². The van der Waals surface area contributed by atoms with E-state index in [1.807, 2.05) is 24.8 Å². The van der Waals surface area contributed by atoms with Crippen LogP contribution in [0.5, 0.6) is 5.75 Å². The lowest BCUT2D eigenvalue weighted by atomic mass is 10.2. The third-order valence-electron chi connectivity index (χ3n) is 4.69. The average Bonchev–Trinajstić information content (AvgIpc) is 2.70. The van der Waals surface area contributed by atoms with Crippen LogP contribution in [0.4, 0.5) is 0 Å². The number of aliphatic imine (C=N–C) groups is 1. The predicted molar refractivity (Wildman–Crippen MR) is 109 cm³/mol. The molecule has 3 rings (SSSR count). The zero-order valence-electron chi connectivity index (χ0n) is 15.9. The molecule has 1 saturated heterocycles. The van der Waals surface area contributed by atoms with Crippen molar-refractivity contribution >= 4 is 16.9 Å². The highest BCUT2D eigenvalue weighted by Gasteiger charge is 2.18. The first kappa shape index (κ1) is 19.5. The van der Waals surface area contributed by atoms with E-state index in [9.17, 15) is 0 Å². The third kappa shape index (κ3) is 5.89. The minimum atomic E-state index is 0.698. The number of hydrogen-bond acceptors (Lipinski definition) is 6. The molecule has 5 nitrogen and oxygen atoms in total. The van der Waals surface area contributed by atoms with E-state index >= 15 is 0 Å². The maximum atomic E-state index is 5.83. The molecule has 2 aliphatic rings. The molecule has 0 unspecified atom stereocenters. The molecule has 0 N–H and O–H groups in total. The van der Waals surface area contributed by atoms with Gasteiger partial charge in [-0.15, -0.1) is 0 Å². The Morgan fingerprint density at radius 3 is 2.88 bits per heavy atom. The highest BCUT2D eigenvalue weighted by molar-refractivity contribution is 8.13. The number of amidine groups is 1. The molecule has 0 saturated carbocycles. The van der Waals surface area contributed by atoms with Crippen molar-refractivity contribution in [1.29, 1.82) is 0 Å². The largest absolute Gasteiger partial charge is 0.494 e. The van der Waals surface area contributed by atoms with Gasteiger partial charge in [-0.1, -0.05) is 30.0 Å². The van der Waals surface area contributed by atoms with Crippen molar-refractivity contribution in [2.45, 2.75) is 26.3 Å². The quantitative estimate of drug-likeness (QED) is 0.696. The number of rotatable bonds is 8. The molecular weight excluding hydrogens is 346 g/mol. The van der Waals surface area contributed by atoms with Crippen molar-refractivity contribution in [3.63, 3.8) is 0 Å². The van der Waals surface area contributed by atoms with E-state index in [-0.39, 0.29) is 0 Å². The maximum absolute atomic E-state index is 5.83. The van der Waals surface area contributed by atoms with Gasteiger partial charge in [0.05, 0.1) is 19.8 Å². The molecule has 0 aromatic heterocycles. The molecule has 1 fully saturated rings. The van der Waals surface area contributed by atoms with Gasteiger partial charge in [-0.25, -0.2) is 0 Å². The van der Waals surface area contributed by atoms with Gasteiger partial charge in [-0.3, -0.25) is 9.89 Å². The van der Waals surface area contributed by atoms with Crippen LogP contribution < -0.4 is 4.74 Å². The second-order valence-electron chi connectivity index (χ2n) is 6.64. The second kappa shape index (κ2) is 10.8. The van der Waals surface area contributed by atoms with Crippen molar-refractivity contribution in [1.82, 2.24) is 9.80 Å². The van der Waals surface area contributed by atoms with Crippen LogP contribution in [0.25, 0.3) is 0 Å². The average molecular weight is 378 g/mol. The Hall–Kier alpha value is -1.24. The van der Waals surface area contributed by atoms with Gasteiger partial charge in [-0.05, 0) is 25.8 Å². The zero-order valence-corrected chi connectivity index (χ0v) is 16.7. The summed E-state index contributed by atoms with van der Waals surface area (Å²) in [5.41, 5.74) is 1.24. The van der Waals surface area contributed by atoms with E-state index in [1.54, 1.807) is 0 Å². The van der Waals surface area contributed by atoms with Crippen molar-refractivity contribution in [3.8, 4) is 5.75 Å². The third-order valence-corrected chi connectivity index (χ3v) is 5.83. The number of thioether (sulfide) groups is 1. The summed E-state index contributed by atoms with van der Waals surface area (Å²) in [6.07, 6.45) is 2.34. The molecule has 0 atom stereocenters. The molecule has 0 spiro atoms. The highest BCUT2D eigenvalue weighted by atomic mass is 32.2. The Balaban J connectivity index is 1.62. The van der Waals surface area contributed by atoms with Gasteiger partial charge in [0.25, 0.3) is 0 Å². The molecule has 0 amide bonds. The van der Waals surface area contributed by atoms with Crippen LogP contribution in [-0.4, -0.2) is 73.3 Å². The summed E-state index contributed by atoms with van der Waals surface area (Å²) in [6.45, 7) is 10.6. The number of morpholine rings is 1. The first-order valence-corrected chi connectivity index (χ1v) is 10.8. The lowest BCUT2D eigenvalue weighted by Crippen LogP contribution is -2.39. The molecule has 2 heterocycles. The van der Waals surface area contributed by atoms with Crippen LogP contribution in [0.1, 0.15) is 25.3 Å². The minimum Gasteiger partial charge on any atom is -0.494 e. The van der Waals surface area contributed by atoms with Crippen LogP contribution in [0, 0.1) is 0 Å². The normalized spacial score (nSPS) is 18.4. The van der Waals surface area contributed by atoms with Crippen molar-refractivity contribution < 1.29 is 9.47 Å². The summed E-state index contributed by atoms with van der Waals surface area (Å²) >= 11 is 1.90. The highest BCUT2D eigenvalue weighted by Crippen LogP contribution is 2.23. The van der Waals surface area contributed by atoms with Gasteiger partial charge in [0.1, 0.15) is 5.75 Å². The fraction of sp³-hybridized carbons (Fsp3) is 0.650. The molecule has 6 heteroatoms. The monoisotopic (exact) mass is 377 g/mol. The van der Waals surface area contributed by atoms with Crippen molar-refractivity contribution in [2.24, 2.45) is 4.99 Å². The summed E-state index contributed by atoms with van der Waals surface area (Å²) in [5, 5.41) is 1.20. The Morgan fingerprint density at radius 2 is 2.12 bits per heavy atom. The Labute approximate surface area is 161 Å². The molecule has 1 aromatic carbocycles. The number of ether oxygens (including phenoxy) is 2. The fourth-order valence-corrected chi connectivity index (χ4v) is 4.31. The lowest BCUT2D eigenvalue weighted by molar-refractivity contribution is 0.0367. The van der Waals surface area contributed by atoms with Gasteiger partial charge < -0.3 is 14.4 Å². The van der Waals surface area contributed by atoms with E-state index in [0.717, 1.165) is 64.7 Å². The molecule has 1 aromatic rings. The van der Waals surface area contributed by atoms with Gasteiger partial charge >= 0.3 is 0 Å². The Bertz CT molecular complexity index is 576. The van der Waals surface area contributed by atoms with Crippen molar-refractivity contribution in [2.75, 3.05) is 58.3 Å². The SMILES string of the molecule is CCOc1ccccc1CN(CCCN1CCOCC1)C1=NCCCS1. The molecule has 0 aliphatic carbocycles. The van der Waals surface area contributed by atoms with E-state index in [2.05, 4.69) is 28.0 Å². The van der Waals surface area contributed by atoms with Gasteiger partial charge in [-0.2, -0.15) is 0 Å². The van der Waals surface area contributed by atoms with Crippen LogP contribution in [-0.2, 0) is 11.3 Å². The summed E-state index contributed by atoms with van der Waals surface area (Å²) in [4.78, 5) is 9.75. The Kier molecular flexibility index (Phi) is 8.11. The zero-order chi connectivity index (χ0) is 18.0. The summed E-state index contributed by atoms with van der Waals surface area (Å²) in [6, 6.07) is 8.39. The van der Waals surface area contributed by atoms with Crippen LogP contribution in [0.2, 0.25) is 0 Å². The molecule has 0 bridgehead atoms. The molecule has 2 aliphatic heterocycles. The van der Waals surface area contributed by atoms with E-state index in [1.165, 1.54) is 22.9 Å². The lowest BCUT2D eigenvalue weighted by Gasteiger charge is -2.30. The van der Waals surface area contributed by atoms with E-state index in [0.29, 0.717) is 6.61 Å². The maximum Gasteiger partial charge on any atom is 0.159 e. The first-order valence-electron chi connectivity index (χ1n) is 9.80. The smallest absolute Gasteiger partial charge is 0.159 e. The van der Waals surface area contributed by atoms with Gasteiger partial charge in [0, 0.05) is 50.6 Å². The number of benzene rings is 1. The standard InChI is InChI=1S/C20H31N3O2S/c1-2-25-19-8-4-3-7-18(19)17-23(20-21-9-5-16-26-20)11-6-10-22-12-14-24-15-13-22/h3-4,7-8H,2,5-6,9-17H2,1H3. The van der Waals surface area contributed by atoms with Crippen LogP contribution in [0.3, 0.4) is 0 Å². The van der Waals surface area contributed by atoms with Gasteiger partial charge in [0.2, 0.25) is 0 Å². The fourth-order valence-electron chi connectivity index (χ4n) is 3.33. The number of hydrogen-bond donors (Lipinski definition) is 0. The number of para-hydroxylation sites is 1. The second-order valence-corrected chi connectivity index (χ2v) is 7.70. The number of nitrogens with zero attached hydrogens (tertiary/aromatic N) is 3. The van der Waals surface area contributed by atoms with Crippen LogP contribution >= 0.6 is 11.8 Å². The summed E-state index contributed by atoms with van der Waals surface area (Å²) in [5.74, 6) is 2.17. The summed E-state index contributed by atoms with van der Waals surface area (Å²) in [7, 11) is 0. The van der Waals surface area contributed by atoms with E-state index in [4.69, 9.17) is 14.5 Å².